The van der Waals surface area contributed by atoms with E-state index < -0.39 is 10.0 Å². The molecule has 0 aliphatic carbocycles. The van der Waals surface area contributed by atoms with Crippen LogP contribution in [0.4, 0.5) is 5.69 Å². The summed E-state index contributed by atoms with van der Waals surface area (Å²) in [5, 5.41) is 0. The second-order valence-corrected chi connectivity index (χ2v) is 9.13. The van der Waals surface area contributed by atoms with Crippen LogP contribution in [0, 0.1) is 6.92 Å². The van der Waals surface area contributed by atoms with Crippen LogP contribution in [0.2, 0.25) is 0 Å². The van der Waals surface area contributed by atoms with E-state index in [1.807, 2.05) is 11.8 Å². The van der Waals surface area contributed by atoms with Crippen LogP contribution >= 0.6 is 11.8 Å². The molecule has 0 aromatic heterocycles. The van der Waals surface area contributed by atoms with E-state index in [1.54, 1.807) is 29.4 Å². The van der Waals surface area contributed by atoms with Crippen LogP contribution in [-0.4, -0.2) is 36.3 Å². The number of thioether (sulfide) groups is 1. The Kier molecular flexibility index (Phi) is 3.86. The first-order valence-electron chi connectivity index (χ1n) is 6.23. The minimum absolute atomic E-state index is 0.0421. The molecule has 2 rings (SSSR count). The van der Waals surface area contributed by atoms with Gasteiger partial charge < -0.3 is 5.73 Å². The van der Waals surface area contributed by atoms with Gasteiger partial charge in [0.25, 0.3) is 0 Å². The van der Waals surface area contributed by atoms with Gasteiger partial charge in [-0.15, -0.1) is 0 Å². The lowest BCUT2D eigenvalue weighted by Gasteiger charge is -2.36. The first-order valence-corrected chi connectivity index (χ1v) is 8.66. The van der Waals surface area contributed by atoms with Gasteiger partial charge in [0.2, 0.25) is 10.0 Å². The van der Waals surface area contributed by atoms with Crippen LogP contribution in [0.5, 0.6) is 0 Å². The van der Waals surface area contributed by atoms with Crippen LogP contribution in [0.15, 0.2) is 23.1 Å². The first-order chi connectivity index (χ1) is 8.74. The maximum absolute atomic E-state index is 12.7. The lowest BCUT2D eigenvalue weighted by Crippen LogP contribution is -2.46. The molecule has 0 unspecified atom stereocenters. The Bertz CT molecular complexity index is 582. The van der Waals surface area contributed by atoms with Crippen LogP contribution in [0.25, 0.3) is 0 Å². The molecule has 19 heavy (non-hydrogen) atoms. The average Bonchev–Trinajstić information content (AvgIpc) is 2.31. The molecule has 1 aliphatic heterocycles. The summed E-state index contributed by atoms with van der Waals surface area (Å²) in [5.74, 6) is 0.827. The van der Waals surface area contributed by atoms with Crippen molar-refractivity contribution < 1.29 is 8.42 Å². The quantitative estimate of drug-likeness (QED) is 0.850. The Morgan fingerprint density at radius 3 is 2.68 bits per heavy atom. The van der Waals surface area contributed by atoms with Gasteiger partial charge in [0.05, 0.1) is 4.90 Å². The van der Waals surface area contributed by atoms with Crippen molar-refractivity contribution in [1.82, 2.24) is 4.31 Å². The highest BCUT2D eigenvalue weighted by Crippen LogP contribution is 2.33. The summed E-state index contributed by atoms with van der Waals surface area (Å²) in [6, 6.07) is 5.05. The highest BCUT2D eigenvalue weighted by molar-refractivity contribution is 8.00. The molecule has 2 N–H and O–H groups in total. The molecule has 0 saturated carbocycles. The normalized spacial score (nSPS) is 20.4. The number of anilines is 1. The van der Waals surface area contributed by atoms with Gasteiger partial charge in [0.1, 0.15) is 0 Å². The molecule has 0 radical (unpaired) electrons. The summed E-state index contributed by atoms with van der Waals surface area (Å²) in [5.41, 5.74) is 6.97. The third kappa shape index (κ3) is 2.90. The molecule has 0 spiro atoms. The van der Waals surface area contributed by atoms with E-state index in [0.717, 1.165) is 5.75 Å². The van der Waals surface area contributed by atoms with E-state index in [-0.39, 0.29) is 4.75 Å². The summed E-state index contributed by atoms with van der Waals surface area (Å²) >= 11 is 1.81. The van der Waals surface area contributed by atoms with Crippen molar-refractivity contribution in [3.63, 3.8) is 0 Å². The van der Waals surface area contributed by atoms with Crippen molar-refractivity contribution in [2.75, 3.05) is 24.6 Å². The number of sulfonamides is 1. The van der Waals surface area contributed by atoms with E-state index >= 15 is 0 Å². The largest absolute Gasteiger partial charge is 0.398 e. The number of nitrogens with two attached hydrogens (primary N) is 1. The van der Waals surface area contributed by atoms with Gasteiger partial charge in [-0.3, -0.25) is 0 Å². The summed E-state index contributed by atoms with van der Waals surface area (Å²) < 4.78 is 27.0. The zero-order chi connectivity index (χ0) is 14.3. The zero-order valence-electron chi connectivity index (χ0n) is 11.5. The molecule has 1 fully saturated rings. The molecule has 0 amide bonds. The molecule has 0 bridgehead atoms. The lowest BCUT2D eigenvalue weighted by molar-refractivity contribution is 0.387. The van der Waals surface area contributed by atoms with Gasteiger partial charge >= 0.3 is 0 Å². The molecule has 1 aliphatic rings. The molecule has 1 aromatic carbocycles. The fourth-order valence-corrected chi connectivity index (χ4v) is 5.39. The fourth-order valence-electron chi connectivity index (χ4n) is 2.23. The second kappa shape index (κ2) is 5.00. The Hall–Kier alpha value is -0.720. The van der Waals surface area contributed by atoms with E-state index in [0.29, 0.717) is 29.2 Å². The number of nitrogen functional groups attached to an aromatic ring is 1. The summed E-state index contributed by atoms with van der Waals surface area (Å²) in [6.45, 7) is 7.00. The predicted octanol–water partition coefficient (Wildman–Crippen LogP) is 2.09. The molecular weight excluding hydrogens is 280 g/mol. The van der Waals surface area contributed by atoms with Crippen LogP contribution in [-0.2, 0) is 10.0 Å². The minimum Gasteiger partial charge on any atom is -0.398 e. The Balaban J connectivity index is 2.40. The van der Waals surface area contributed by atoms with Gasteiger partial charge in [-0.05, 0) is 38.5 Å². The maximum atomic E-state index is 12.7. The average molecular weight is 300 g/mol. The third-order valence-electron chi connectivity index (χ3n) is 3.33. The molecular formula is C13H20N2O2S2. The molecule has 1 saturated heterocycles. The zero-order valence-corrected chi connectivity index (χ0v) is 13.1. The Morgan fingerprint density at radius 1 is 1.37 bits per heavy atom. The van der Waals surface area contributed by atoms with Crippen molar-refractivity contribution in [3.8, 4) is 0 Å². The molecule has 106 valence electrons. The smallest absolute Gasteiger partial charge is 0.243 e. The summed E-state index contributed by atoms with van der Waals surface area (Å²) in [4.78, 5) is 0.329. The molecule has 0 atom stereocenters. The van der Waals surface area contributed by atoms with Crippen LogP contribution < -0.4 is 5.73 Å². The van der Waals surface area contributed by atoms with E-state index in [4.69, 9.17) is 5.73 Å². The Labute approximate surface area is 119 Å². The van der Waals surface area contributed by atoms with Crippen molar-refractivity contribution in [2.45, 2.75) is 30.4 Å². The van der Waals surface area contributed by atoms with Crippen molar-refractivity contribution in [1.29, 1.82) is 0 Å². The van der Waals surface area contributed by atoms with Crippen molar-refractivity contribution in [2.24, 2.45) is 0 Å². The van der Waals surface area contributed by atoms with Crippen LogP contribution in [0.1, 0.15) is 19.4 Å². The molecule has 6 heteroatoms. The number of hydrogen-bond donors (Lipinski definition) is 1. The number of nitrogens with zero attached hydrogens (tertiary/aromatic N) is 1. The SMILES string of the molecule is Cc1c(N)cccc1S(=O)(=O)N1CCSC(C)(C)C1. The van der Waals surface area contributed by atoms with E-state index in [1.165, 1.54) is 0 Å². The fraction of sp³-hybridized carbons (Fsp3) is 0.538. The number of rotatable bonds is 2. The van der Waals surface area contributed by atoms with E-state index in [9.17, 15) is 8.42 Å². The Morgan fingerprint density at radius 2 is 2.05 bits per heavy atom. The predicted molar refractivity (Wildman–Crippen MR) is 80.9 cm³/mol. The molecule has 1 heterocycles. The standard InChI is InChI=1S/C13H20N2O2S2/c1-10-11(14)5-4-6-12(10)19(16,17)15-7-8-18-13(2,3)9-15/h4-6H,7-9,14H2,1-3H3. The van der Waals surface area contributed by atoms with Gasteiger partial charge in [0.15, 0.2) is 0 Å². The van der Waals surface area contributed by atoms with Gasteiger partial charge in [-0.1, -0.05) is 6.07 Å². The topological polar surface area (TPSA) is 63.4 Å². The van der Waals surface area contributed by atoms with Crippen molar-refractivity contribution in [3.05, 3.63) is 23.8 Å². The lowest BCUT2D eigenvalue weighted by atomic mass is 10.2. The minimum atomic E-state index is -3.45. The van der Waals surface area contributed by atoms with Crippen LogP contribution in [0.3, 0.4) is 0 Å². The third-order valence-corrected chi connectivity index (χ3v) is 6.62. The summed E-state index contributed by atoms with van der Waals surface area (Å²) in [7, 11) is -3.45. The van der Waals surface area contributed by atoms with Crippen molar-refractivity contribution >= 4 is 27.5 Å². The van der Waals surface area contributed by atoms with Gasteiger partial charge in [-0.25, -0.2) is 8.42 Å². The van der Waals surface area contributed by atoms with Gasteiger partial charge in [0, 0.05) is 29.3 Å². The number of benzene rings is 1. The maximum Gasteiger partial charge on any atom is 0.243 e. The summed E-state index contributed by atoms with van der Waals surface area (Å²) in [6.07, 6.45) is 0. The highest BCUT2D eigenvalue weighted by Gasteiger charge is 2.35. The first kappa shape index (κ1) is 14.7. The van der Waals surface area contributed by atoms with Gasteiger partial charge in [-0.2, -0.15) is 16.1 Å². The number of hydrogen-bond acceptors (Lipinski definition) is 4. The van der Waals surface area contributed by atoms with E-state index in [2.05, 4.69) is 13.8 Å². The molecule has 4 nitrogen and oxygen atoms in total. The highest BCUT2D eigenvalue weighted by atomic mass is 32.2. The second-order valence-electron chi connectivity index (χ2n) is 5.42. The monoisotopic (exact) mass is 300 g/mol. The molecule has 1 aromatic rings.